The molecule has 3 N–H and O–H groups in total. The highest BCUT2D eigenvalue weighted by Crippen LogP contribution is 2.45. The summed E-state index contributed by atoms with van der Waals surface area (Å²) in [6.45, 7) is 9.41. The Hall–Kier alpha value is -1.94. The van der Waals surface area contributed by atoms with Crippen LogP contribution in [0.3, 0.4) is 0 Å². The monoisotopic (exact) mass is 1270 g/mol. The fourth-order valence-corrected chi connectivity index (χ4v) is 11.6. The van der Waals surface area contributed by atoms with Gasteiger partial charge in [0.1, 0.15) is 19.3 Å². The third kappa shape index (κ3) is 59.7. The van der Waals surface area contributed by atoms with Gasteiger partial charge in [-0.05, 0) is 37.5 Å². The summed E-state index contributed by atoms with van der Waals surface area (Å²) in [6, 6.07) is 0. The van der Waals surface area contributed by atoms with Gasteiger partial charge >= 0.3 is 39.5 Å². The molecule has 0 bridgehead atoms. The number of esters is 4. The minimum Gasteiger partial charge on any atom is -0.462 e. The van der Waals surface area contributed by atoms with E-state index in [2.05, 4.69) is 41.5 Å². The van der Waals surface area contributed by atoms with Crippen molar-refractivity contribution in [2.75, 3.05) is 39.6 Å². The summed E-state index contributed by atoms with van der Waals surface area (Å²) in [5.74, 6) is -0.625. The number of rotatable bonds is 66. The molecule has 17 nitrogen and oxygen atoms in total. The van der Waals surface area contributed by atoms with E-state index < -0.39 is 97.5 Å². The van der Waals surface area contributed by atoms with Crippen molar-refractivity contribution in [2.45, 2.75) is 355 Å². The molecular weight excluding hydrogens is 1140 g/mol. The van der Waals surface area contributed by atoms with Crippen LogP contribution in [0.5, 0.6) is 0 Å². The lowest BCUT2D eigenvalue weighted by atomic mass is 10.00. The maximum atomic E-state index is 13.0. The number of phosphoric ester groups is 2. The zero-order valence-corrected chi connectivity index (χ0v) is 57.4. The molecule has 0 aromatic carbocycles. The van der Waals surface area contributed by atoms with E-state index >= 15 is 0 Å². The van der Waals surface area contributed by atoms with Gasteiger partial charge in [0.05, 0.1) is 26.4 Å². The second kappa shape index (κ2) is 59.4. The Bertz CT molecular complexity index is 1690. The minimum absolute atomic E-state index is 0.102. The smallest absolute Gasteiger partial charge is 0.462 e. The van der Waals surface area contributed by atoms with Crippen molar-refractivity contribution in [2.24, 2.45) is 11.8 Å². The van der Waals surface area contributed by atoms with Crippen LogP contribution in [0, 0.1) is 11.8 Å². The quantitative estimate of drug-likeness (QED) is 0.0222. The number of hydrogen-bond acceptors (Lipinski definition) is 15. The fourth-order valence-electron chi connectivity index (χ4n) is 10.0. The number of ether oxygens (including phenoxy) is 4. The number of phosphoric acid groups is 2. The number of carbonyl (C=O) groups excluding carboxylic acids is 4. The van der Waals surface area contributed by atoms with E-state index in [1.807, 2.05) is 0 Å². The average Bonchev–Trinajstić information content (AvgIpc) is 3.55. The Labute approximate surface area is 524 Å². The van der Waals surface area contributed by atoms with Crippen molar-refractivity contribution in [1.29, 1.82) is 0 Å². The topological polar surface area (TPSA) is 237 Å². The number of aliphatic hydroxyl groups excluding tert-OH is 1. The zero-order valence-electron chi connectivity index (χ0n) is 55.6. The molecule has 19 heteroatoms. The Morgan fingerprint density at radius 2 is 0.593 bits per heavy atom. The van der Waals surface area contributed by atoms with Gasteiger partial charge < -0.3 is 33.8 Å². The molecule has 0 radical (unpaired) electrons. The summed E-state index contributed by atoms with van der Waals surface area (Å²) in [5.41, 5.74) is 0. The van der Waals surface area contributed by atoms with Crippen LogP contribution in [0.2, 0.25) is 0 Å². The van der Waals surface area contributed by atoms with Crippen LogP contribution in [0.25, 0.3) is 0 Å². The molecule has 0 saturated carbocycles. The van der Waals surface area contributed by atoms with Crippen molar-refractivity contribution < 1.29 is 80.2 Å². The van der Waals surface area contributed by atoms with Crippen molar-refractivity contribution in [3.8, 4) is 0 Å². The SMILES string of the molecule is CCCCCCCCCCCCCCCCC(=O)OC[C@H](COP(=O)(O)OC[C@@H](O)COP(=O)(O)OC[C@@H](COC(=O)CCCCCCC)OC(=O)CCCCCCCCC(C)CC)OC(=O)CCCCCCCCCCCCCCCCC(C)C. The lowest BCUT2D eigenvalue weighted by molar-refractivity contribution is -0.161. The molecule has 0 aliphatic heterocycles. The van der Waals surface area contributed by atoms with E-state index in [4.69, 9.17) is 37.0 Å². The second-order valence-electron chi connectivity index (χ2n) is 24.9. The van der Waals surface area contributed by atoms with Crippen molar-refractivity contribution in [3.63, 3.8) is 0 Å². The third-order valence-electron chi connectivity index (χ3n) is 15.8. The molecular formula is C67H130O17P2. The number of unbranched alkanes of at least 4 members (excludes halogenated alkanes) is 35. The molecule has 0 amide bonds. The Balaban J connectivity index is 5.17. The molecule has 86 heavy (non-hydrogen) atoms. The highest BCUT2D eigenvalue weighted by atomic mass is 31.2. The number of carbonyl (C=O) groups is 4. The summed E-state index contributed by atoms with van der Waals surface area (Å²) in [7, 11) is -9.88. The number of hydrogen-bond donors (Lipinski definition) is 3. The van der Waals surface area contributed by atoms with Gasteiger partial charge in [-0.2, -0.15) is 0 Å². The van der Waals surface area contributed by atoms with Crippen LogP contribution in [-0.2, 0) is 65.4 Å². The molecule has 0 fully saturated rings. The zero-order chi connectivity index (χ0) is 63.6. The van der Waals surface area contributed by atoms with Gasteiger partial charge in [-0.25, -0.2) is 9.13 Å². The van der Waals surface area contributed by atoms with Gasteiger partial charge in [0.25, 0.3) is 0 Å². The second-order valence-corrected chi connectivity index (χ2v) is 27.8. The first kappa shape index (κ1) is 84.1. The predicted octanol–water partition coefficient (Wildman–Crippen LogP) is 18.8. The molecule has 0 aromatic rings. The van der Waals surface area contributed by atoms with Gasteiger partial charge in [0.15, 0.2) is 12.2 Å². The van der Waals surface area contributed by atoms with Crippen LogP contribution in [-0.4, -0.2) is 96.7 Å². The highest BCUT2D eigenvalue weighted by Gasteiger charge is 2.30. The predicted molar refractivity (Wildman–Crippen MR) is 345 cm³/mol. The van der Waals surface area contributed by atoms with Crippen molar-refractivity contribution in [1.82, 2.24) is 0 Å². The molecule has 0 aliphatic rings. The normalized spacial score (nSPS) is 14.5. The molecule has 0 aliphatic carbocycles. The Kier molecular flexibility index (Phi) is 58.0. The third-order valence-corrected chi connectivity index (χ3v) is 17.7. The van der Waals surface area contributed by atoms with Crippen molar-refractivity contribution >= 4 is 39.5 Å². The largest absolute Gasteiger partial charge is 0.472 e. The standard InChI is InChI=1S/C67H130O17P2/c1-7-10-12-14-15-16-17-18-22-25-28-31-38-44-50-65(70)78-56-63(83-66(71)51-45-39-32-29-26-23-20-19-21-24-27-30-36-41-47-59(4)5)58-82-86(75,76)80-54-61(68)53-79-85(73,74)81-57-62(55-77-64(69)49-43-35-13-11-8-2)84-67(72)52-46-40-34-33-37-42-48-60(6)9-3/h59-63,68H,7-58H2,1-6H3,(H,73,74)(H,75,76)/t60?,61-,62+,63+/m0/s1. The Morgan fingerprint density at radius 1 is 0.337 bits per heavy atom. The maximum Gasteiger partial charge on any atom is 0.472 e. The summed E-state index contributed by atoms with van der Waals surface area (Å²) in [5, 5.41) is 10.5. The number of aliphatic hydroxyl groups is 1. The summed E-state index contributed by atoms with van der Waals surface area (Å²) in [6.07, 6.45) is 43.5. The maximum absolute atomic E-state index is 13.0. The first-order chi connectivity index (χ1) is 41.4. The van der Waals surface area contributed by atoms with E-state index in [1.54, 1.807) is 0 Å². The summed E-state index contributed by atoms with van der Waals surface area (Å²) < 4.78 is 67.9. The van der Waals surface area contributed by atoms with E-state index in [9.17, 15) is 43.2 Å². The van der Waals surface area contributed by atoms with E-state index in [1.165, 1.54) is 148 Å². The molecule has 0 spiro atoms. The molecule has 0 aromatic heterocycles. The van der Waals surface area contributed by atoms with Crippen LogP contribution in [0.4, 0.5) is 0 Å². The van der Waals surface area contributed by atoms with Crippen molar-refractivity contribution in [3.05, 3.63) is 0 Å². The molecule has 0 rings (SSSR count). The molecule has 0 saturated heterocycles. The van der Waals surface area contributed by atoms with Crippen LogP contribution >= 0.6 is 15.6 Å². The first-order valence-electron chi connectivity index (χ1n) is 35.0. The van der Waals surface area contributed by atoms with E-state index in [0.717, 1.165) is 108 Å². The first-order valence-corrected chi connectivity index (χ1v) is 38.0. The Morgan fingerprint density at radius 3 is 0.884 bits per heavy atom. The van der Waals surface area contributed by atoms with Gasteiger partial charge in [0.2, 0.25) is 0 Å². The van der Waals surface area contributed by atoms with Gasteiger partial charge in [-0.15, -0.1) is 0 Å². The van der Waals surface area contributed by atoms with E-state index in [-0.39, 0.29) is 25.7 Å². The summed E-state index contributed by atoms with van der Waals surface area (Å²) in [4.78, 5) is 72.1. The van der Waals surface area contributed by atoms with Gasteiger partial charge in [-0.1, -0.05) is 286 Å². The lowest BCUT2D eigenvalue weighted by Crippen LogP contribution is -2.30. The average molecular weight is 1270 g/mol. The van der Waals surface area contributed by atoms with Gasteiger partial charge in [0, 0.05) is 25.7 Å². The van der Waals surface area contributed by atoms with Gasteiger partial charge in [-0.3, -0.25) is 37.3 Å². The molecule has 0 heterocycles. The minimum atomic E-state index is -4.95. The fraction of sp³-hybridized carbons (Fsp3) is 0.940. The summed E-state index contributed by atoms with van der Waals surface area (Å²) >= 11 is 0. The van der Waals surface area contributed by atoms with Crippen LogP contribution < -0.4 is 0 Å². The molecule has 510 valence electrons. The lowest BCUT2D eigenvalue weighted by Gasteiger charge is -2.21. The highest BCUT2D eigenvalue weighted by molar-refractivity contribution is 7.47. The van der Waals surface area contributed by atoms with Crippen LogP contribution in [0.1, 0.15) is 337 Å². The molecule has 6 atom stereocenters. The molecule has 3 unspecified atom stereocenters. The van der Waals surface area contributed by atoms with Crippen LogP contribution in [0.15, 0.2) is 0 Å². The van der Waals surface area contributed by atoms with E-state index in [0.29, 0.717) is 25.7 Å².